The highest BCUT2D eigenvalue weighted by molar-refractivity contribution is 7.19. The van der Waals surface area contributed by atoms with Crippen LogP contribution in [-0.4, -0.2) is 11.5 Å². The lowest BCUT2D eigenvalue weighted by Gasteiger charge is -2.30. The van der Waals surface area contributed by atoms with Crippen LogP contribution in [0.1, 0.15) is 17.0 Å². The van der Waals surface area contributed by atoms with Crippen LogP contribution in [0.3, 0.4) is 0 Å². The van der Waals surface area contributed by atoms with E-state index in [1.807, 2.05) is 0 Å². The molecule has 1 unspecified atom stereocenters. The minimum atomic E-state index is 0.626. The van der Waals surface area contributed by atoms with Crippen molar-refractivity contribution in [2.45, 2.75) is 12.3 Å². The number of nitrogens with one attached hydrogen (secondary N) is 1. The predicted octanol–water partition coefficient (Wildman–Crippen LogP) is 2.48. The zero-order valence-electron chi connectivity index (χ0n) is 8.81. The van der Waals surface area contributed by atoms with E-state index in [2.05, 4.69) is 34.6 Å². The molecular weight excluding hydrogens is 218 g/mol. The highest BCUT2D eigenvalue weighted by Crippen LogP contribution is 2.35. The molecule has 82 valence electrons. The lowest BCUT2D eigenvalue weighted by Crippen LogP contribution is -2.24. The minimum absolute atomic E-state index is 0.626. The van der Waals surface area contributed by atoms with Crippen molar-refractivity contribution in [3.05, 3.63) is 41.6 Å². The molecule has 0 saturated carbocycles. The highest BCUT2D eigenvalue weighted by atomic mass is 32.1. The number of thiazole rings is 1. The third-order valence-electron chi connectivity index (χ3n) is 2.98. The number of benzene rings is 1. The van der Waals surface area contributed by atoms with E-state index >= 15 is 0 Å². The molecule has 16 heavy (non-hydrogen) atoms. The lowest BCUT2D eigenvalue weighted by atomic mass is 9.78. The molecule has 0 spiro atoms. The Morgan fingerprint density at radius 2 is 2.31 bits per heavy atom. The summed E-state index contributed by atoms with van der Waals surface area (Å²) in [5.41, 5.74) is 8.58. The van der Waals surface area contributed by atoms with E-state index in [0.29, 0.717) is 5.92 Å². The zero-order chi connectivity index (χ0) is 11.0. The molecule has 0 saturated heterocycles. The number of fused-ring (bicyclic) bond motifs is 1. The van der Waals surface area contributed by atoms with Crippen LogP contribution in [0, 0.1) is 0 Å². The first-order valence-electron chi connectivity index (χ1n) is 5.36. The molecule has 3 nitrogen and oxygen atoms in total. The maximum atomic E-state index is 5.62. The largest absolute Gasteiger partial charge is 0.389 e. The van der Waals surface area contributed by atoms with Crippen molar-refractivity contribution in [2.75, 3.05) is 17.6 Å². The Bertz CT molecular complexity index is 506. The fraction of sp³-hybridized carbons (Fsp3) is 0.250. The topological polar surface area (TPSA) is 50.9 Å². The van der Waals surface area contributed by atoms with Gasteiger partial charge in [0, 0.05) is 12.5 Å². The molecular formula is C12H13N3S. The van der Waals surface area contributed by atoms with Crippen molar-refractivity contribution in [3.8, 4) is 0 Å². The maximum Gasteiger partial charge on any atom is 0.184 e. The first-order chi connectivity index (χ1) is 7.83. The highest BCUT2D eigenvalue weighted by Gasteiger charge is 2.24. The van der Waals surface area contributed by atoms with Crippen molar-refractivity contribution < 1.29 is 0 Å². The Morgan fingerprint density at radius 1 is 1.44 bits per heavy atom. The van der Waals surface area contributed by atoms with E-state index in [0.717, 1.165) is 16.7 Å². The summed E-state index contributed by atoms with van der Waals surface area (Å²) in [5.74, 6) is 0.626. The van der Waals surface area contributed by atoms with Crippen molar-refractivity contribution in [1.82, 2.24) is 4.98 Å². The van der Waals surface area contributed by atoms with Crippen LogP contribution in [-0.2, 0) is 6.42 Å². The number of hydrogen-bond donors (Lipinski definition) is 2. The van der Waals surface area contributed by atoms with E-state index < -0.39 is 0 Å². The summed E-state index contributed by atoms with van der Waals surface area (Å²) in [6, 6.07) is 8.62. The van der Waals surface area contributed by atoms with Gasteiger partial charge in [0.1, 0.15) is 5.00 Å². The predicted molar refractivity (Wildman–Crippen MR) is 67.9 cm³/mol. The van der Waals surface area contributed by atoms with Gasteiger partial charge in [-0.3, -0.25) is 0 Å². The molecule has 0 amide bonds. The molecule has 1 aromatic heterocycles. The molecule has 3 N–H and O–H groups in total. The van der Waals surface area contributed by atoms with Gasteiger partial charge in [-0.1, -0.05) is 35.6 Å². The lowest BCUT2D eigenvalue weighted by molar-refractivity contribution is 0.635. The van der Waals surface area contributed by atoms with Crippen LogP contribution < -0.4 is 11.1 Å². The van der Waals surface area contributed by atoms with Crippen LogP contribution >= 0.6 is 11.3 Å². The van der Waals surface area contributed by atoms with E-state index in [-0.39, 0.29) is 0 Å². The number of nitrogen functional groups attached to an aromatic ring is 1. The molecule has 1 atom stereocenters. The van der Waals surface area contributed by atoms with Gasteiger partial charge in [-0.2, -0.15) is 0 Å². The summed E-state index contributed by atoms with van der Waals surface area (Å²) in [6.07, 6.45) is 2.87. The number of rotatable bonds is 3. The van der Waals surface area contributed by atoms with Crippen molar-refractivity contribution in [2.24, 2.45) is 0 Å². The van der Waals surface area contributed by atoms with Crippen LogP contribution in [0.5, 0.6) is 0 Å². The Kier molecular flexibility index (Phi) is 2.29. The standard InChI is InChI=1S/C12H13N3S/c13-11-7-15-12(16-11)14-6-9-5-8-3-1-2-4-10(8)9/h1-4,7,9H,5-6,13H2,(H,14,15). The number of nitrogens with zero attached hydrogens (tertiary/aromatic N) is 1. The summed E-state index contributed by atoms with van der Waals surface area (Å²) >= 11 is 1.50. The van der Waals surface area contributed by atoms with Crippen LogP contribution in [0.2, 0.25) is 0 Å². The molecule has 3 rings (SSSR count). The summed E-state index contributed by atoms with van der Waals surface area (Å²) in [7, 11) is 0. The van der Waals surface area contributed by atoms with E-state index in [9.17, 15) is 0 Å². The van der Waals surface area contributed by atoms with Crippen LogP contribution in [0.25, 0.3) is 0 Å². The van der Waals surface area contributed by atoms with Gasteiger partial charge in [0.2, 0.25) is 0 Å². The number of aromatic nitrogens is 1. The van der Waals surface area contributed by atoms with Gasteiger partial charge in [-0.25, -0.2) is 4.98 Å². The Morgan fingerprint density at radius 3 is 3.06 bits per heavy atom. The molecule has 1 aliphatic rings. The first kappa shape index (κ1) is 9.66. The van der Waals surface area contributed by atoms with Gasteiger partial charge in [0.15, 0.2) is 5.13 Å². The molecule has 0 aliphatic heterocycles. The van der Waals surface area contributed by atoms with Crippen molar-refractivity contribution >= 4 is 21.5 Å². The third kappa shape index (κ3) is 1.65. The number of anilines is 2. The molecule has 1 aromatic carbocycles. The van der Waals surface area contributed by atoms with Crippen molar-refractivity contribution in [1.29, 1.82) is 0 Å². The average molecular weight is 231 g/mol. The molecule has 0 bridgehead atoms. The Balaban J connectivity index is 1.63. The minimum Gasteiger partial charge on any atom is -0.389 e. The smallest absolute Gasteiger partial charge is 0.184 e. The van der Waals surface area contributed by atoms with Gasteiger partial charge in [-0.15, -0.1) is 0 Å². The molecule has 1 heterocycles. The van der Waals surface area contributed by atoms with E-state index in [1.165, 1.54) is 28.9 Å². The summed E-state index contributed by atoms with van der Waals surface area (Å²) in [4.78, 5) is 4.18. The van der Waals surface area contributed by atoms with Gasteiger partial charge >= 0.3 is 0 Å². The SMILES string of the molecule is Nc1cnc(NCC2Cc3ccccc32)s1. The van der Waals surface area contributed by atoms with Gasteiger partial charge in [0.05, 0.1) is 6.20 Å². The first-order valence-corrected chi connectivity index (χ1v) is 6.17. The quantitative estimate of drug-likeness (QED) is 0.853. The number of nitrogens with two attached hydrogens (primary N) is 1. The van der Waals surface area contributed by atoms with Crippen molar-refractivity contribution in [3.63, 3.8) is 0 Å². The molecule has 0 radical (unpaired) electrons. The second kappa shape index (κ2) is 3.79. The van der Waals surface area contributed by atoms with Gasteiger partial charge in [-0.05, 0) is 17.5 Å². The Hall–Kier alpha value is -1.55. The maximum absolute atomic E-state index is 5.62. The zero-order valence-corrected chi connectivity index (χ0v) is 9.63. The van der Waals surface area contributed by atoms with Crippen LogP contribution in [0.15, 0.2) is 30.5 Å². The summed E-state index contributed by atoms with van der Waals surface area (Å²) in [5, 5.41) is 5.01. The van der Waals surface area contributed by atoms with Crippen LogP contribution in [0.4, 0.5) is 10.1 Å². The molecule has 1 aliphatic carbocycles. The summed E-state index contributed by atoms with van der Waals surface area (Å²) < 4.78 is 0. The number of hydrogen-bond acceptors (Lipinski definition) is 4. The fourth-order valence-corrected chi connectivity index (χ4v) is 2.71. The molecule has 2 aromatic rings. The van der Waals surface area contributed by atoms with E-state index in [1.54, 1.807) is 6.20 Å². The second-order valence-electron chi connectivity index (χ2n) is 4.05. The monoisotopic (exact) mass is 231 g/mol. The normalized spacial score (nSPS) is 17.6. The molecule has 4 heteroatoms. The van der Waals surface area contributed by atoms with E-state index in [4.69, 9.17) is 5.73 Å². The average Bonchev–Trinajstić information content (AvgIpc) is 2.66. The van der Waals surface area contributed by atoms with Gasteiger partial charge in [0.25, 0.3) is 0 Å². The van der Waals surface area contributed by atoms with Gasteiger partial charge < -0.3 is 11.1 Å². The fourth-order valence-electron chi connectivity index (χ4n) is 2.12. The molecule has 0 fully saturated rings. The Labute approximate surface area is 98.3 Å². The second-order valence-corrected chi connectivity index (χ2v) is 5.11. The third-order valence-corrected chi connectivity index (χ3v) is 3.77. The summed E-state index contributed by atoms with van der Waals surface area (Å²) in [6.45, 7) is 0.948.